The molecular formula is C15H21FN4O. The van der Waals surface area contributed by atoms with E-state index in [-0.39, 0.29) is 11.9 Å². The molecule has 1 heterocycles. The second-order valence-electron chi connectivity index (χ2n) is 4.88. The van der Waals surface area contributed by atoms with E-state index in [0.29, 0.717) is 12.4 Å². The summed E-state index contributed by atoms with van der Waals surface area (Å²) in [7, 11) is 1.83. The van der Waals surface area contributed by atoms with Crippen molar-refractivity contribution in [3.05, 3.63) is 41.7 Å². The first-order valence-corrected chi connectivity index (χ1v) is 7.12. The number of rotatable bonds is 7. The normalized spacial score (nSPS) is 12.4. The van der Waals surface area contributed by atoms with Gasteiger partial charge in [0.25, 0.3) is 0 Å². The Balaban J connectivity index is 2.14. The van der Waals surface area contributed by atoms with Crippen LogP contribution < -0.4 is 10.1 Å². The molecule has 21 heavy (non-hydrogen) atoms. The number of hydrogen-bond acceptors (Lipinski definition) is 4. The van der Waals surface area contributed by atoms with Crippen molar-refractivity contribution < 1.29 is 9.13 Å². The van der Waals surface area contributed by atoms with E-state index in [2.05, 4.69) is 22.3 Å². The van der Waals surface area contributed by atoms with E-state index in [1.54, 1.807) is 6.07 Å². The molecule has 1 unspecified atom stereocenters. The predicted molar refractivity (Wildman–Crippen MR) is 78.5 cm³/mol. The highest BCUT2D eigenvalue weighted by atomic mass is 19.1. The summed E-state index contributed by atoms with van der Waals surface area (Å²) in [6.45, 7) is 5.16. The van der Waals surface area contributed by atoms with Gasteiger partial charge in [-0.2, -0.15) is 5.10 Å². The summed E-state index contributed by atoms with van der Waals surface area (Å²) in [5.74, 6) is 1.15. The summed E-state index contributed by atoms with van der Waals surface area (Å²) < 4.78 is 21.1. The second kappa shape index (κ2) is 7.17. The number of nitrogens with one attached hydrogen (secondary N) is 1. The summed E-state index contributed by atoms with van der Waals surface area (Å²) in [5, 5.41) is 7.25. The molecule has 0 amide bonds. The lowest BCUT2D eigenvalue weighted by Crippen LogP contribution is -2.15. The minimum absolute atomic E-state index is 0.00390. The third-order valence-corrected chi connectivity index (χ3v) is 3.36. The fourth-order valence-corrected chi connectivity index (χ4v) is 2.09. The molecule has 6 heteroatoms. The largest absolute Gasteiger partial charge is 0.485 e. The Labute approximate surface area is 124 Å². The molecule has 0 aliphatic heterocycles. The number of aryl methyl sites for hydroxylation is 1. The lowest BCUT2D eigenvalue weighted by molar-refractivity contribution is 0.280. The molecule has 0 radical (unpaired) electrons. The zero-order valence-electron chi connectivity index (χ0n) is 12.6. The Morgan fingerprint density at radius 1 is 1.43 bits per heavy atom. The van der Waals surface area contributed by atoms with Crippen LogP contribution in [0.3, 0.4) is 0 Å². The molecule has 1 aromatic heterocycles. The highest BCUT2D eigenvalue weighted by molar-refractivity contribution is 5.36. The molecule has 0 aliphatic rings. The summed E-state index contributed by atoms with van der Waals surface area (Å²) in [6.07, 6.45) is 2.51. The number of halogens is 1. The van der Waals surface area contributed by atoms with Crippen LogP contribution >= 0.6 is 0 Å². The molecule has 1 N–H and O–H groups in total. The van der Waals surface area contributed by atoms with Crippen molar-refractivity contribution in [1.29, 1.82) is 0 Å². The number of ether oxygens (including phenoxy) is 1. The van der Waals surface area contributed by atoms with Crippen molar-refractivity contribution in [2.75, 3.05) is 7.05 Å². The van der Waals surface area contributed by atoms with Crippen molar-refractivity contribution in [3.8, 4) is 5.75 Å². The van der Waals surface area contributed by atoms with Crippen LogP contribution in [0, 0.1) is 5.82 Å². The standard InChI is InChI=1S/C15H21FN4O/c1-4-7-20-15(18-10-19-20)9-21-14-6-5-12(16)8-13(14)11(2)17-3/h5-6,8,10-11,17H,4,7,9H2,1-3H3. The van der Waals surface area contributed by atoms with Crippen molar-refractivity contribution in [3.63, 3.8) is 0 Å². The van der Waals surface area contributed by atoms with E-state index in [9.17, 15) is 4.39 Å². The lowest BCUT2D eigenvalue weighted by atomic mass is 10.1. The van der Waals surface area contributed by atoms with Crippen molar-refractivity contribution in [2.45, 2.75) is 39.5 Å². The van der Waals surface area contributed by atoms with Crippen LogP contribution in [0.2, 0.25) is 0 Å². The molecule has 2 aromatic rings. The molecular weight excluding hydrogens is 271 g/mol. The summed E-state index contributed by atoms with van der Waals surface area (Å²) in [5.41, 5.74) is 0.791. The first-order valence-electron chi connectivity index (χ1n) is 7.12. The van der Waals surface area contributed by atoms with Crippen LogP contribution in [0.5, 0.6) is 5.75 Å². The number of benzene rings is 1. The summed E-state index contributed by atoms with van der Waals surface area (Å²) >= 11 is 0. The van der Waals surface area contributed by atoms with Crippen LogP contribution in [0.25, 0.3) is 0 Å². The maximum absolute atomic E-state index is 13.4. The van der Waals surface area contributed by atoms with Crippen LogP contribution in [0.4, 0.5) is 4.39 Å². The minimum Gasteiger partial charge on any atom is -0.485 e. The van der Waals surface area contributed by atoms with Gasteiger partial charge in [0, 0.05) is 18.2 Å². The zero-order chi connectivity index (χ0) is 15.2. The molecule has 0 spiro atoms. The predicted octanol–water partition coefficient (Wildman–Crippen LogP) is 2.69. The minimum atomic E-state index is -0.270. The Bertz CT molecular complexity index is 585. The van der Waals surface area contributed by atoms with E-state index in [1.165, 1.54) is 18.5 Å². The van der Waals surface area contributed by atoms with E-state index >= 15 is 0 Å². The zero-order valence-corrected chi connectivity index (χ0v) is 12.6. The molecule has 5 nitrogen and oxygen atoms in total. The fraction of sp³-hybridized carbons (Fsp3) is 0.467. The maximum Gasteiger partial charge on any atom is 0.164 e. The number of hydrogen-bond donors (Lipinski definition) is 1. The van der Waals surface area contributed by atoms with E-state index in [1.807, 2.05) is 18.7 Å². The van der Waals surface area contributed by atoms with E-state index in [4.69, 9.17) is 4.74 Å². The van der Waals surface area contributed by atoms with E-state index in [0.717, 1.165) is 24.4 Å². The summed E-state index contributed by atoms with van der Waals surface area (Å²) in [4.78, 5) is 4.20. The van der Waals surface area contributed by atoms with Gasteiger partial charge in [0.1, 0.15) is 24.5 Å². The van der Waals surface area contributed by atoms with Gasteiger partial charge < -0.3 is 10.1 Å². The van der Waals surface area contributed by atoms with Crippen molar-refractivity contribution in [1.82, 2.24) is 20.1 Å². The van der Waals surface area contributed by atoms with Crippen molar-refractivity contribution in [2.24, 2.45) is 0 Å². The lowest BCUT2D eigenvalue weighted by Gasteiger charge is -2.16. The Hall–Kier alpha value is -1.95. The van der Waals surface area contributed by atoms with Gasteiger partial charge in [0.05, 0.1) is 0 Å². The van der Waals surface area contributed by atoms with Gasteiger partial charge in [-0.25, -0.2) is 14.1 Å². The van der Waals surface area contributed by atoms with Crippen LogP contribution in [0.1, 0.15) is 37.7 Å². The maximum atomic E-state index is 13.4. The van der Waals surface area contributed by atoms with Gasteiger partial charge in [-0.3, -0.25) is 0 Å². The molecule has 1 aromatic carbocycles. The monoisotopic (exact) mass is 292 g/mol. The quantitative estimate of drug-likeness (QED) is 0.852. The molecule has 0 fully saturated rings. The topological polar surface area (TPSA) is 52.0 Å². The van der Waals surface area contributed by atoms with Gasteiger partial charge in [-0.1, -0.05) is 6.92 Å². The smallest absolute Gasteiger partial charge is 0.164 e. The number of nitrogens with zero attached hydrogens (tertiary/aromatic N) is 3. The van der Waals surface area contributed by atoms with E-state index < -0.39 is 0 Å². The first kappa shape index (κ1) is 15.4. The number of aromatic nitrogens is 3. The third-order valence-electron chi connectivity index (χ3n) is 3.36. The fourth-order valence-electron chi connectivity index (χ4n) is 2.09. The molecule has 1 atom stereocenters. The Kier molecular flexibility index (Phi) is 5.27. The van der Waals surface area contributed by atoms with Gasteiger partial charge >= 0.3 is 0 Å². The van der Waals surface area contributed by atoms with Crippen LogP contribution in [-0.2, 0) is 13.2 Å². The van der Waals surface area contributed by atoms with Crippen LogP contribution in [0.15, 0.2) is 24.5 Å². The average molecular weight is 292 g/mol. The average Bonchev–Trinajstić information content (AvgIpc) is 2.93. The molecule has 114 valence electrons. The van der Waals surface area contributed by atoms with Gasteiger partial charge in [-0.05, 0) is 38.6 Å². The molecule has 0 saturated carbocycles. The Morgan fingerprint density at radius 2 is 2.24 bits per heavy atom. The van der Waals surface area contributed by atoms with Gasteiger partial charge in [-0.15, -0.1) is 0 Å². The molecule has 0 aliphatic carbocycles. The van der Waals surface area contributed by atoms with Gasteiger partial charge in [0.2, 0.25) is 0 Å². The first-order chi connectivity index (χ1) is 10.2. The molecule has 0 bridgehead atoms. The molecule has 2 rings (SSSR count). The second-order valence-corrected chi connectivity index (χ2v) is 4.88. The SMILES string of the molecule is CCCn1ncnc1COc1ccc(F)cc1C(C)NC. The summed E-state index contributed by atoms with van der Waals surface area (Å²) in [6, 6.07) is 4.55. The highest BCUT2D eigenvalue weighted by Crippen LogP contribution is 2.26. The third kappa shape index (κ3) is 3.78. The Morgan fingerprint density at radius 3 is 2.95 bits per heavy atom. The van der Waals surface area contributed by atoms with Crippen molar-refractivity contribution >= 4 is 0 Å². The highest BCUT2D eigenvalue weighted by Gasteiger charge is 2.13. The van der Waals surface area contributed by atoms with Crippen LogP contribution in [-0.4, -0.2) is 21.8 Å². The molecule has 0 saturated heterocycles. The van der Waals surface area contributed by atoms with Gasteiger partial charge in [0.15, 0.2) is 5.82 Å².